The number of fused-ring (bicyclic) bond motifs is 4. The summed E-state index contributed by atoms with van der Waals surface area (Å²) >= 11 is 0. The lowest BCUT2D eigenvalue weighted by molar-refractivity contribution is -0.516. The lowest BCUT2D eigenvalue weighted by Crippen LogP contribution is -2.42. The number of aliphatic hydroxyl groups is 1. The average molecular weight is 911 g/mol. The van der Waals surface area contributed by atoms with Crippen molar-refractivity contribution in [3.8, 4) is 11.6 Å². The van der Waals surface area contributed by atoms with Crippen LogP contribution in [0.4, 0.5) is 17.1 Å². The molecule has 17 heteroatoms. The normalized spacial score (nSPS) is 17.0. The van der Waals surface area contributed by atoms with E-state index in [0.717, 1.165) is 99.8 Å². The zero-order valence-corrected chi connectivity index (χ0v) is 39.0. The van der Waals surface area contributed by atoms with Crippen LogP contribution >= 0.6 is 0 Å². The minimum atomic E-state index is -0.184. The van der Waals surface area contributed by atoms with Crippen molar-refractivity contribution in [2.24, 2.45) is 0 Å². The van der Waals surface area contributed by atoms with Crippen LogP contribution in [-0.4, -0.2) is 110 Å². The van der Waals surface area contributed by atoms with Gasteiger partial charge in [-0.1, -0.05) is 67.1 Å². The highest BCUT2D eigenvalue weighted by atomic mass is 16.3. The number of nitrogens with two attached hydrogens (primary N) is 1. The van der Waals surface area contributed by atoms with E-state index >= 15 is 0 Å². The number of nitrogens with one attached hydrogen (secondary N) is 1. The molecule has 3 aromatic carbocycles. The highest BCUT2D eigenvalue weighted by Gasteiger charge is 2.42. The molecule has 0 aliphatic carbocycles. The summed E-state index contributed by atoms with van der Waals surface area (Å²) < 4.78 is 12.8. The molecule has 9 heterocycles. The summed E-state index contributed by atoms with van der Waals surface area (Å²) in [4.78, 5) is 4.57. The lowest BCUT2D eigenvalue weighted by Gasteiger charge is -2.26. The highest BCUT2D eigenvalue weighted by molar-refractivity contribution is 6.41. The quantitative estimate of drug-likeness (QED) is 0.0697. The fourth-order valence-corrected chi connectivity index (χ4v) is 10.3. The Kier molecular flexibility index (Phi) is 10.6. The summed E-state index contributed by atoms with van der Waals surface area (Å²) in [5.74, 6) is 4.35. The molecule has 340 valence electrons. The first-order chi connectivity index (χ1) is 33.8. The Morgan fingerprint density at radius 2 is 1.41 bits per heavy atom. The van der Waals surface area contributed by atoms with Crippen molar-refractivity contribution in [3.63, 3.8) is 0 Å². The van der Waals surface area contributed by atoms with Crippen LogP contribution in [0.5, 0.6) is 0 Å². The van der Waals surface area contributed by atoms with Crippen LogP contribution in [0.1, 0.15) is 84.9 Å². The first-order valence-electron chi connectivity index (χ1n) is 23.9. The molecule has 69 heavy (non-hydrogen) atoms. The van der Waals surface area contributed by atoms with E-state index in [4.69, 9.17) is 5.73 Å². The summed E-state index contributed by atoms with van der Waals surface area (Å²) in [5.41, 5.74) is 20.3. The van der Waals surface area contributed by atoms with Crippen LogP contribution in [-0.2, 0) is 13.2 Å². The van der Waals surface area contributed by atoms with Crippen LogP contribution in [0.15, 0.2) is 145 Å². The van der Waals surface area contributed by atoms with Crippen molar-refractivity contribution < 1.29 is 14.3 Å². The second-order valence-electron chi connectivity index (χ2n) is 18.4. The fraction of sp³-hybridized carbons (Fsp3) is 0.231. The molecule has 0 amide bonds. The molecule has 0 spiro atoms. The topological polar surface area (TPSA) is 142 Å². The molecule has 5 aliphatic heterocycles. The summed E-state index contributed by atoms with van der Waals surface area (Å²) in [6, 6.07) is 33.9. The van der Waals surface area contributed by atoms with Crippen LogP contribution in [0, 0.1) is 0 Å². The second kappa shape index (κ2) is 17.3. The SMILES string of the molecule is CCCC(C)c1cn(-c2ccc3n2[B]N2C(=C3c3ccc(Nc4cccc(C[N+](C)=C5C=CC6=C(c7ccc(N)cc7)c7ccc(-n8cc(CO)nn8)n7[B]N65)c4)cc3)C=CC2=[N+]2CCCC2)nn1. The van der Waals surface area contributed by atoms with Gasteiger partial charge in [-0.15, -0.1) is 10.2 Å². The number of allylic oxidation sites excluding steroid dienone is 2. The second-order valence-corrected chi connectivity index (χ2v) is 18.4. The minimum absolute atomic E-state index is 0.184. The van der Waals surface area contributed by atoms with E-state index in [1.165, 1.54) is 29.9 Å². The Bertz CT molecular complexity index is 3340. The van der Waals surface area contributed by atoms with E-state index in [9.17, 15) is 5.11 Å². The van der Waals surface area contributed by atoms with E-state index in [0.29, 0.717) is 23.8 Å². The van der Waals surface area contributed by atoms with E-state index in [1.54, 1.807) is 10.9 Å². The van der Waals surface area contributed by atoms with Crippen LogP contribution in [0.2, 0.25) is 0 Å². The number of benzene rings is 3. The van der Waals surface area contributed by atoms with Gasteiger partial charge in [0.05, 0.1) is 44.8 Å². The highest BCUT2D eigenvalue weighted by Crippen LogP contribution is 2.40. The summed E-state index contributed by atoms with van der Waals surface area (Å²) in [7, 11) is 6.44. The van der Waals surface area contributed by atoms with Crippen molar-refractivity contribution in [1.82, 2.24) is 48.6 Å². The molecule has 1 atom stereocenters. The van der Waals surface area contributed by atoms with Crippen molar-refractivity contribution in [3.05, 3.63) is 185 Å². The molecule has 15 nitrogen and oxygen atoms in total. The molecule has 1 fully saturated rings. The smallest absolute Gasteiger partial charge is 0.399 e. The number of aliphatic hydroxyl groups excluding tert-OH is 1. The number of nitrogens with zero attached hydrogens (tertiary/aromatic N) is 12. The zero-order chi connectivity index (χ0) is 46.8. The Hall–Kier alpha value is -7.91. The molecule has 1 unspecified atom stereocenters. The van der Waals surface area contributed by atoms with Crippen molar-refractivity contribution >= 4 is 55.0 Å². The van der Waals surface area contributed by atoms with Gasteiger partial charge in [-0.05, 0) is 109 Å². The number of amidine groups is 2. The Labute approximate surface area is 402 Å². The standard InChI is InChI=1S/C52H50B2N14O/c1-4-8-34(2)42-32-64(60-58-42)50-26-22-46-52(44-20-24-48(62-27-5-6-28-62)66(44)54-68(46)50)37-13-17-39(18-14-37)56-40-10-7-9-35(29-40)30-61(3)47-23-19-43-51(36-11-15-38(55)16-12-36)45-21-25-49(67(45)53-65(43)47)63-31-41(33-69)57-59-63/h7,9-26,29,31-32,34,55,69H,4-6,8,27-28,30,33H2,1-3H3/p+2. The van der Waals surface area contributed by atoms with Gasteiger partial charge in [0, 0.05) is 57.7 Å². The van der Waals surface area contributed by atoms with Gasteiger partial charge in [0.25, 0.3) is 11.7 Å². The molecule has 7 aromatic rings. The first-order valence-corrected chi connectivity index (χ1v) is 23.9. The van der Waals surface area contributed by atoms with Gasteiger partial charge in [-0.2, -0.15) is 0 Å². The average Bonchev–Trinajstić information content (AvgIpc) is 4.22. The Morgan fingerprint density at radius 3 is 2.10 bits per heavy atom. The first kappa shape index (κ1) is 42.4. The molecule has 1 saturated heterocycles. The third-order valence-electron chi connectivity index (χ3n) is 13.8. The van der Waals surface area contributed by atoms with Gasteiger partial charge in [-0.3, -0.25) is 18.8 Å². The Balaban J connectivity index is 0.817. The molecular weight excluding hydrogens is 858 g/mol. The summed E-state index contributed by atoms with van der Waals surface area (Å²) in [6.45, 7) is 7.05. The molecule has 12 rings (SSSR count). The molecule has 4 aromatic heterocycles. The largest absolute Gasteiger partial charge is 0.553 e. The number of rotatable bonds is 12. The van der Waals surface area contributed by atoms with Gasteiger partial charge >= 0.3 is 15.1 Å². The van der Waals surface area contributed by atoms with E-state index in [-0.39, 0.29) is 6.61 Å². The predicted molar refractivity (Wildman–Crippen MR) is 270 cm³/mol. The molecule has 0 saturated carbocycles. The lowest BCUT2D eigenvalue weighted by atomic mass is 9.91. The molecule has 4 N–H and O–H groups in total. The molecule has 2 radical (unpaired) electrons. The number of anilines is 3. The molecule has 0 bridgehead atoms. The van der Waals surface area contributed by atoms with Crippen LogP contribution in [0.3, 0.4) is 0 Å². The maximum atomic E-state index is 9.73. The maximum absolute atomic E-state index is 9.73. The monoisotopic (exact) mass is 910 g/mol. The maximum Gasteiger partial charge on any atom is 0.553 e. The zero-order valence-electron chi connectivity index (χ0n) is 39.0. The van der Waals surface area contributed by atoms with E-state index in [2.05, 4.69) is 199 Å². The number of nitrogen functional groups attached to an aromatic ring is 1. The summed E-state index contributed by atoms with van der Waals surface area (Å²) in [5, 5.41) is 31.1. The van der Waals surface area contributed by atoms with Gasteiger partial charge in [0.15, 0.2) is 0 Å². The molecule has 5 aliphatic rings. The number of aromatic nitrogens is 8. The number of hydrogen-bond acceptors (Lipinski definition) is 7. The third-order valence-corrected chi connectivity index (χ3v) is 13.8. The van der Waals surface area contributed by atoms with Gasteiger partial charge < -0.3 is 25.1 Å². The van der Waals surface area contributed by atoms with Gasteiger partial charge in [-0.25, -0.2) is 9.36 Å². The van der Waals surface area contributed by atoms with Crippen molar-refractivity contribution in [2.45, 2.75) is 58.6 Å². The van der Waals surface area contributed by atoms with E-state index < -0.39 is 0 Å². The van der Waals surface area contributed by atoms with Crippen LogP contribution in [0.25, 0.3) is 22.8 Å². The predicted octanol–water partition coefficient (Wildman–Crippen LogP) is 6.67. The van der Waals surface area contributed by atoms with Crippen molar-refractivity contribution in [1.29, 1.82) is 0 Å². The number of hydrogen-bond donors (Lipinski definition) is 3. The fourth-order valence-electron chi connectivity index (χ4n) is 10.3. The van der Waals surface area contributed by atoms with E-state index in [1.807, 2.05) is 22.9 Å². The minimum Gasteiger partial charge on any atom is -0.399 e. The van der Waals surface area contributed by atoms with Gasteiger partial charge in [0.1, 0.15) is 35.3 Å². The molecular formula is C52H52B2N14O+2. The Morgan fingerprint density at radius 1 is 0.754 bits per heavy atom. The third kappa shape index (κ3) is 7.53. The summed E-state index contributed by atoms with van der Waals surface area (Å²) in [6.07, 6.45) is 17.3. The van der Waals surface area contributed by atoms with Gasteiger partial charge in [0.2, 0.25) is 0 Å². The van der Waals surface area contributed by atoms with Crippen LogP contribution < -0.4 is 11.1 Å². The van der Waals surface area contributed by atoms with Crippen molar-refractivity contribution in [2.75, 3.05) is 31.2 Å².